The summed E-state index contributed by atoms with van der Waals surface area (Å²) in [6.07, 6.45) is 5.70. The van der Waals surface area contributed by atoms with Crippen molar-refractivity contribution in [1.82, 2.24) is 10.2 Å². The van der Waals surface area contributed by atoms with Gasteiger partial charge in [0, 0.05) is 18.2 Å². The zero-order chi connectivity index (χ0) is 17.1. The average molecular weight is 329 g/mol. The zero-order valence-electron chi connectivity index (χ0n) is 13.7. The summed E-state index contributed by atoms with van der Waals surface area (Å²) in [4.78, 5) is 38.8. The number of rotatable bonds is 5. The molecular weight excluding hydrogens is 306 g/mol. The number of amides is 3. The van der Waals surface area contributed by atoms with Crippen LogP contribution in [0.2, 0.25) is 0 Å². The van der Waals surface area contributed by atoms with Crippen LogP contribution in [-0.2, 0) is 0 Å². The fourth-order valence-electron chi connectivity index (χ4n) is 3.48. The number of nitrogens with two attached hydrogens (primary N) is 1. The monoisotopic (exact) mass is 329 g/mol. The molecular formula is C18H23N3O3. The standard InChI is InChI=1S/C18H23N3O3/c19-9-4-10-20-16(22)12-7-8-14-15(11-12)18(24)21(17(14)23)13-5-2-1-3-6-13/h7-8,11,13H,1-6,9-10,19H2,(H,20,22). The highest BCUT2D eigenvalue weighted by Gasteiger charge is 2.40. The first kappa shape index (κ1) is 16.6. The molecule has 2 aliphatic rings. The predicted molar refractivity (Wildman–Crippen MR) is 89.8 cm³/mol. The van der Waals surface area contributed by atoms with E-state index in [1.54, 1.807) is 12.1 Å². The lowest BCUT2D eigenvalue weighted by Gasteiger charge is -2.29. The minimum atomic E-state index is -0.265. The van der Waals surface area contributed by atoms with Gasteiger partial charge in [-0.25, -0.2) is 0 Å². The van der Waals surface area contributed by atoms with Crippen LogP contribution < -0.4 is 11.1 Å². The molecule has 1 aromatic rings. The van der Waals surface area contributed by atoms with Crippen LogP contribution >= 0.6 is 0 Å². The second kappa shape index (κ2) is 7.13. The minimum absolute atomic E-state index is 0.00650. The van der Waals surface area contributed by atoms with Crippen molar-refractivity contribution < 1.29 is 14.4 Å². The maximum absolute atomic E-state index is 12.7. The molecule has 1 fully saturated rings. The van der Waals surface area contributed by atoms with Gasteiger partial charge in [-0.05, 0) is 44.0 Å². The number of fused-ring (bicyclic) bond motifs is 1. The Morgan fingerprint density at radius 3 is 2.54 bits per heavy atom. The van der Waals surface area contributed by atoms with E-state index in [9.17, 15) is 14.4 Å². The Kier molecular flexibility index (Phi) is 4.94. The summed E-state index contributed by atoms with van der Waals surface area (Å²) in [6.45, 7) is 1.00. The Hall–Kier alpha value is -2.21. The highest BCUT2D eigenvalue weighted by molar-refractivity contribution is 6.22. The molecule has 1 aliphatic carbocycles. The molecule has 6 heteroatoms. The molecule has 0 aromatic heterocycles. The number of nitrogens with one attached hydrogen (secondary N) is 1. The molecule has 0 atom stereocenters. The Balaban J connectivity index is 1.79. The smallest absolute Gasteiger partial charge is 0.261 e. The van der Waals surface area contributed by atoms with Gasteiger partial charge in [-0.15, -0.1) is 0 Å². The van der Waals surface area contributed by atoms with E-state index in [0.717, 1.165) is 32.1 Å². The van der Waals surface area contributed by atoms with E-state index in [2.05, 4.69) is 5.32 Å². The SMILES string of the molecule is NCCCNC(=O)c1ccc2c(c1)C(=O)N(C1CCCCC1)C2=O. The summed E-state index contributed by atoms with van der Waals surface area (Å²) in [5.41, 5.74) is 6.56. The number of hydrogen-bond acceptors (Lipinski definition) is 4. The van der Waals surface area contributed by atoms with Gasteiger partial charge in [-0.2, -0.15) is 0 Å². The van der Waals surface area contributed by atoms with Gasteiger partial charge in [0.15, 0.2) is 0 Å². The van der Waals surface area contributed by atoms with Crippen LogP contribution in [0.1, 0.15) is 69.6 Å². The molecule has 3 amide bonds. The van der Waals surface area contributed by atoms with E-state index < -0.39 is 0 Å². The molecule has 0 spiro atoms. The summed E-state index contributed by atoms with van der Waals surface area (Å²) in [5.74, 6) is -0.738. The highest BCUT2D eigenvalue weighted by atomic mass is 16.2. The van der Waals surface area contributed by atoms with E-state index in [4.69, 9.17) is 5.73 Å². The van der Waals surface area contributed by atoms with Crippen LogP contribution in [-0.4, -0.2) is 41.8 Å². The summed E-state index contributed by atoms with van der Waals surface area (Å²) in [7, 11) is 0. The van der Waals surface area contributed by atoms with Crippen LogP contribution in [0.25, 0.3) is 0 Å². The third kappa shape index (κ3) is 3.06. The molecule has 1 aromatic carbocycles. The van der Waals surface area contributed by atoms with E-state index in [1.165, 1.54) is 11.0 Å². The molecule has 3 rings (SSSR count). The maximum Gasteiger partial charge on any atom is 0.261 e. The predicted octanol–water partition coefficient (Wildman–Crippen LogP) is 1.69. The Morgan fingerprint density at radius 1 is 1.12 bits per heavy atom. The number of carbonyl (C=O) groups is 3. The van der Waals surface area contributed by atoms with Crippen LogP contribution in [0, 0.1) is 0 Å². The normalized spacial score (nSPS) is 18.0. The van der Waals surface area contributed by atoms with Gasteiger partial charge in [-0.3, -0.25) is 19.3 Å². The Labute approximate surface area is 141 Å². The fourth-order valence-corrected chi connectivity index (χ4v) is 3.48. The van der Waals surface area contributed by atoms with Crippen molar-refractivity contribution in [1.29, 1.82) is 0 Å². The molecule has 1 heterocycles. The van der Waals surface area contributed by atoms with Crippen molar-refractivity contribution in [2.45, 2.75) is 44.6 Å². The second-order valence-electron chi connectivity index (χ2n) is 6.43. The second-order valence-corrected chi connectivity index (χ2v) is 6.43. The van der Waals surface area contributed by atoms with Crippen LogP contribution in [0.15, 0.2) is 18.2 Å². The number of benzene rings is 1. The molecule has 0 radical (unpaired) electrons. The van der Waals surface area contributed by atoms with Crippen LogP contribution in [0.5, 0.6) is 0 Å². The largest absolute Gasteiger partial charge is 0.352 e. The minimum Gasteiger partial charge on any atom is -0.352 e. The van der Waals surface area contributed by atoms with E-state index in [0.29, 0.717) is 36.2 Å². The summed E-state index contributed by atoms with van der Waals surface area (Å²) < 4.78 is 0. The lowest BCUT2D eigenvalue weighted by molar-refractivity contribution is 0.0549. The van der Waals surface area contributed by atoms with E-state index in [1.807, 2.05) is 0 Å². The Bertz CT molecular complexity index is 665. The third-order valence-electron chi connectivity index (χ3n) is 4.79. The molecule has 0 saturated heterocycles. The Morgan fingerprint density at radius 2 is 1.83 bits per heavy atom. The number of imide groups is 1. The van der Waals surface area contributed by atoms with Crippen molar-refractivity contribution in [3.63, 3.8) is 0 Å². The number of hydrogen-bond donors (Lipinski definition) is 2. The molecule has 1 aliphatic heterocycles. The molecule has 0 bridgehead atoms. The molecule has 1 saturated carbocycles. The molecule has 6 nitrogen and oxygen atoms in total. The lowest BCUT2D eigenvalue weighted by Crippen LogP contribution is -2.40. The molecule has 128 valence electrons. The van der Waals surface area contributed by atoms with Gasteiger partial charge in [0.05, 0.1) is 11.1 Å². The summed E-state index contributed by atoms with van der Waals surface area (Å²) >= 11 is 0. The first-order chi connectivity index (χ1) is 11.6. The van der Waals surface area contributed by atoms with Gasteiger partial charge in [0.1, 0.15) is 0 Å². The van der Waals surface area contributed by atoms with Crippen molar-refractivity contribution in [2.24, 2.45) is 5.73 Å². The fraction of sp³-hybridized carbons (Fsp3) is 0.500. The van der Waals surface area contributed by atoms with Crippen molar-refractivity contribution in [2.75, 3.05) is 13.1 Å². The van der Waals surface area contributed by atoms with E-state index >= 15 is 0 Å². The van der Waals surface area contributed by atoms with Gasteiger partial charge in [0.2, 0.25) is 0 Å². The van der Waals surface area contributed by atoms with Crippen LogP contribution in [0.3, 0.4) is 0 Å². The molecule has 0 unspecified atom stereocenters. The van der Waals surface area contributed by atoms with Gasteiger partial charge < -0.3 is 11.1 Å². The quantitative estimate of drug-likeness (QED) is 0.635. The highest BCUT2D eigenvalue weighted by Crippen LogP contribution is 2.31. The lowest BCUT2D eigenvalue weighted by atomic mass is 9.94. The van der Waals surface area contributed by atoms with Gasteiger partial charge in [0.25, 0.3) is 17.7 Å². The summed E-state index contributed by atoms with van der Waals surface area (Å²) in [5, 5.41) is 2.76. The van der Waals surface area contributed by atoms with Crippen molar-refractivity contribution in [3.05, 3.63) is 34.9 Å². The van der Waals surface area contributed by atoms with Gasteiger partial charge >= 0.3 is 0 Å². The van der Waals surface area contributed by atoms with Gasteiger partial charge in [-0.1, -0.05) is 19.3 Å². The topological polar surface area (TPSA) is 92.5 Å². The van der Waals surface area contributed by atoms with Crippen LogP contribution in [0.4, 0.5) is 0 Å². The van der Waals surface area contributed by atoms with Crippen molar-refractivity contribution >= 4 is 17.7 Å². The molecule has 3 N–H and O–H groups in total. The summed E-state index contributed by atoms with van der Waals surface area (Å²) in [6, 6.07) is 4.73. The number of carbonyl (C=O) groups excluding carboxylic acids is 3. The first-order valence-electron chi connectivity index (χ1n) is 8.63. The first-order valence-corrected chi connectivity index (χ1v) is 8.63. The maximum atomic E-state index is 12.7. The average Bonchev–Trinajstić information content (AvgIpc) is 2.86. The van der Waals surface area contributed by atoms with Crippen molar-refractivity contribution in [3.8, 4) is 0 Å². The zero-order valence-corrected chi connectivity index (χ0v) is 13.7. The number of nitrogens with zero attached hydrogens (tertiary/aromatic N) is 1. The molecule has 24 heavy (non-hydrogen) atoms. The third-order valence-corrected chi connectivity index (χ3v) is 4.79. The van der Waals surface area contributed by atoms with E-state index in [-0.39, 0.29) is 23.8 Å².